The molecule has 5 nitrogen and oxygen atoms in total. The van der Waals surface area contributed by atoms with E-state index in [0.717, 1.165) is 17.1 Å². The van der Waals surface area contributed by atoms with Crippen LogP contribution in [-0.4, -0.2) is 33.4 Å². The molecule has 1 amide bonds. The second kappa shape index (κ2) is 11.4. The van der Waals surface area contributed by atoms with Crippen LogP contribution in [0.1, 0.15) is 48.9 Å². The Labute approximate surface area is 214 Å². The van der Waals surface area contributed by atoms with Crippen molar-refractivity contribution in [1.29, 1.82) is 0 Å². The molecule has 0 aliphatic rings. The van der Waals surface area contributed by atoms with Gasteiger partial charge in [0.2, 0.25) is 0 Å². The van der Waals surface area contributed by atoms with Crippen LogP contribution in [0.5, 0.6) is 0 Å². The Balaban J connectivity index is 1.88. The van der Waals surface area contributed by atoms with E-state index >= 15 is 0 Å². The zero-order chi connectivity index (χ0) is 25.5. The Morgan fingerprint density at radius 3 is 2.11 bits per heavy atom. The highest BCUT2D eigenvalue weighted by molar-refractivity contribution is 5.94. The molecule has 186 valence electrons. The number of aromatic nitrogens is 2. The predicted molar refractivity (Wildman–Crippen MR) is 147 cm³/mol. The summed E-state index contributed by atoms with van der Waals surface area (Å²) in [6.07, 6.45) is 2.83. The minimum Gasteiger partial charge on any atom is -0.330 e. The lowest BCUT2D eigenvalue weighted by Gasteiger charge is -2.44. The van der Waals surface area contributed by atoms with Crippen LogP contribution in [0, 0.1) is 5.92 Å². The van der Waals surface area contributed by atoms with E-state index in [2.05, 4.69) is 67.9 Å². The van der Waals surface area contributed by atoms with Crippen LogP contribution in [0.3, 0.4) is 0 Å². The number of hydrogen-bond donors (Lipinski definition) is 1. The molecule has 1 heterocycles. The van der Waals surface area contributed by atoms with Crippen LogP contribution in [-0.2, 0) is 12.1 Å². The molecule has 1 atom stereocenters. The largest absolute Gasteiger partial charge is 0.330 e. The van der Waals surface area contributed by atoms with Crippen LogP contribution >= 0.6 is 0 Å². The fraction of sp³-hybridized carbons (Fsp3) is 0.290. The van der Waals surface area contributed by atoms with E-state index in [9.17, 15) is 4.79 Å². The standard InChI is InChI=1S/C31H36N4O/c1-24(2)31(3,35(21-13-20-32)29(36)27-18-11-6-12-19-27)30-33-28(26-16-9-5-10-17-26)23-34(30)22-25-14-7-4-8-15-25/h4-12,14-19,23-24H,13,20-22,32H2,1-3H3/t31-/m1/s1. The SMILES string of the molecule is CC(C)[C@](C)(c1nc(-c2ccccc2)cn1Cc1ccccc1)N(CCCN)C(=O)c1ccccc1. The summed E-state index contributed by atoms with van der Waals surface area (Å²) in [6, 6.07) is 30.1. The van der Waals surface area contributed by atoms with Gasteiger partial charge in [-0.1, -0.05) is 92.7 Å². The minimum absolute atomic E-state index is 0.00391. The molecule has 1 aromatic heterocycles. The lowest BCUT2D eigenvalue weighted by Crippen LogP contribution is -2.53. The van der Waals surface area contributed by atoms with Gasteiger partial charge < -0.3 is 15.2 Å². The number of carbonyl (C=O) groups excluding carboxylic acids is 1. The van der Waals surface area contributed by atoms with Crippen molar-refractivity contribution in [3.8, 4) is 11.3 Å². The van der Waals surface area contributed by atoms with Gasteiger partial charge in [-0.15, -0.1) is 0 Å². The van der Waals surface area contributed by atoms with E-state index in [1.807, 2.05) is 59.5 Å². The molecular weight excluding hydrogens is 444 g/mol. The summed E-state index contributed by atoms with van der Waals surface area (Å²) in [5.74, 6) is 0.973. The number of nitrogens with zero attached hydrogens (tertiary/aromatic N) is 3. The quantitative estimate of drug-likeness (QED) is 0.305. The van der Waals surface area contributed by atoms with Gasteiger partial charge in [-0.05, 0) is 43.5 Å². The Morgan fingerprint density at radius 1 is 0.944 bits per heavy atom. The van der Waals surface area contributed by atoms with Crippen molar-refractivity contribution in [1.82, 2.24) is 14.5 Å². The summed E-state index contributed by atoms with van der Waals surface area (Å²) in [5.41, 5.74) is 9.08. The highest BCUT2D eigenvalue weighted by Crippen LogP contribution is 2.38. The van der Waals surface area contributed by atoms with E-state index in [0.29, 0.717) is 31.6 Å². The van der Waals surface area contributed by atoms with Crippen LogP contribution in [0.2, 0.25) is 0 Å². The topological polar surface area (TPSA) is 64.2 Å². The Kier molecular flexibility index (Phi) is 8.01. The zero-order valence-electron chi connectivity index (χ0n) is 21.5. The molecule has 4 rings (SSSR count). The fourth-order valence-corrected chi connectivity index (χ4v) is 4.69. The first-order valence-corrected chi connectivity index (χ1v) is 12.7. The molecule has 0 radical (unpaired) electrons. The maximum atomic E-state index is 14.0. The van der Waals surface area contributed by atoms with Crippen molar-refractivity contribution in [2.75, 3.05) is 13.1 Å². The van der Waals surface area contributed by atoms with Crippen molar-refractivity contribution >= 4 is 5.91 Å². The minimum atomic E-state index is -0.663. The summed E-state index contributed by atoms with van der Waals surface area (Å²) in [5, 5.41) is 0. The van der Waals surface area contributed by atoms with Crippen molar-refractivity contribution in [3.63, 3.8) is 0 Å². The molecule has 0 aliphatic carbocycles. The van der Waals surface area contributed by atoms with Gasteiger partial charge in [0.25, 0.3) is 5.91 Å². The van der Waals surface area contributed by atoms with Gasteiger partial charge in [-0.25, -0.2) is 4.98 Å². The number of carbonyl (C=O) groups is 1. The molecule has 4 aromatic rings. The summed E-state index contributed by atoms with van der Waals surface area (Å²) >= 11 is 0. The monoisotopic (exact) mass is 480 g/mol. The molecule has 2 N–H and O–H groups in total. The maximum absolute atomic E-state index is 14.0. The zero-order valence-corrected chi connectivity index (χ0v) is 21.5. The van der Waals surface area contributed by atoms with Gasteiger partial charge in [-0.3, -0.25) is 4.79 Å². The third kappa shape index (κ3) is 5.26. The van der Waals surface area contributed by atoms with Crippen molar-refractivity contribution in [2.24, 2.45) is 11.7 Å². The van der Waals surface area contributed by atoms with Gasteiger partial charge in [0.15, 0.2) is 0 Å². The van der Waals surface area contributed by atoms with Gasteiger partial charge >= 0.3 is 0 Å². The highest BCUT2D eigenvalue weighted by Gasteiger charge is 2.43. The first kappa shape index (κ1) is 25.4. The Bertz CT molecular complexity index is 1250. The second-order valence-corrected chi connectivity index (χ2v) is 9.70. The number of rotatable bonds is 10. The molecule has 0 unspecified atom stereocenters. The van der Waals surface area contributed by atoms with Crippen LogP contribution in [0.15, 0.2) is 97.2 Å². The molecule has 0 saturated heterocycles. The van der Waals surface area contributed by atoms with E-state index in [-0.39, 0.29) is 11.8 Å². The third-order valence-electron chi connectivity index (χ3n) is 7.03. The number of amides is 1. The number of imidazole rings is 1. The average Bonchev–Trinajstić information content (AvgIpc) is 3.34. The van der Waals surface area contributed by atoms with E-state index < -0.39 is 5.54 Å². The smallest absolute Gasteiger partial charge is 0.254 e. The van der Waals surface area contributed by atoms with Crippen molar-refractivity contribution in [2.45, 2.75) is 39.3 Å². The first-order valence-electron chi connectivity index (χ1n) is 12.7. The summed E-state index contributed by atoms with van der Waals surface area (Å²) < 4.78 is 2.21. The van der Waals surface area contributed by atoms with Crippen LogP contribution in [0.25, 0.3) is 11.3 Å². The predicted octanol–water partition coefficient (Wildman–Crippen LogP) is 5.96. The molecule has 36 heavy (non-hydrogen) atoms. The van der Waals surface area contributed by atoms with Crippen molar-refractivity contribution < 1.29 is 4.79 Å². The van der Waals surface area contributed by atoms with Crippen LogP contribution in [0.4, 0.5) is 0 Å². The number of benzene rings is 3. The molecule has 0 saturated carbocycles. The summed E-state index contributed by atoms with van der Waals surface area (Å²) in [6.45, 7) is 8.21. The van der Waals surface area contributed by atoms with E-state index in [1.54, 1.807) is 0 Å². The number of hydrogen-bond acceptors (Lipinski definition) is 3. The van der Waals surface area contributed by atoms with Gasteiger partial charge in [0.1, 0.15) is 11.4 Å². The summed E-state index contributed by atoms with van der Waals surface area (Å²) in [4.78, 5) is 21.2. The van der Waals surface area contributed by atoms with Gasteiger partial charge in [-0.2, -0.15) is 0 Å². The van der Waals surface area contributed by atoms with Crippen molar-refractivity contribution in [3.05, 3.63) is 114 Å². The highest BCUT2D eigenvalue weighted by atomic mass is 16.2. The first-order chi connectivity index (χ1) is 17.4. The lowest BCUT2D eigenvalue weighted by atomic mass is 9.84. The molecule has 0 spiro atoms. The van der Waals surface area contributed by atoms with Crippen LogP contribution < -0.4 is 5.73 Å². The molecule has 0 aliphatic heterocycles. The second-order valence-electron chi connectivity index (χ2n) is 9.70. The molecule has 5 heteroatoms. The molecule has 3 aromatic carbocycles. The Morgan fingerprint density at radius 2 is 1.53 bits per heavy atom. The normalized spacial score (nSPS) is 12.9. The summed E-state index contributed by atoms with van der Waals surface area (Å²) in [7, 11) is 0. The molecule has 0 bridgehead atoms. The molecular formula is C31H36N4O. The van der Waals surface area contributed by atoms with E-state index in [1.165, 1.54) is 5.56 Å². The van der Waals surface area contributed by atoms with Gasteiger partial charge in [0.05, 0.1) is 5.69 Å². The number of nitrogens with two attached hydrogens (primary N) is 1. The van der Waals surface area contributed by atoms with Gasteiger partial charge in [0, 0.05) is 30.4 Å². The maximum Gasteiger partial charge on any atom is 0.254 e. The Hall–Kier alpha value is -3.70. The average molecular weight is 481 g/mol. The fourth-order valence-electron chi connectivity index (χ4n) is 4.69. The lowest BCUT2D eigenvalue weighted by molar-refractivity contribution is 0.0306. The molecule has 0 fully saturated rings. The third-order valence-corrected chi connectivity index (χ3v) is 7.03. The van der Waals surface area contributed by atoms with E-state index in [4.69, 9.17) is 10.7 Å².